The van der Waals surface area contributed by atoms with E-state index in [1.807, 2.05) is 0 Å². The predicted octanol–water partition coefficient (Wildman–Crippen LogP) is 4.25. The van der Waals surface area contributed by atoms with Crippen LogP contribution >= 0.6 is 11.6 Å². The molecule has 3 aromatic rings. The third-order valence-electron chi connectivity index (χ3n) is 5.38. The van der Waals surface area contributed by atoms with Crippen molar-refractivity contribution in [1.29, 1.82) is 0 Å². The molecule has 1 aromatic heterocycles. The Morgan fingerprint density at radius 2 is 1.79 bits per heavy atom. The van der Waals surface area contributed by atoms with Gasteiger partial charge in [0, 0.05) is 17.1 Å². The molecule has 0 bridgehead atoms. The van der Waals surface area contributed by atoms with E-state index in [9.17, 15) is 28.7 Å². The summed E-state index contributed by atoms with van der Waals surface area (Å²) in [6, 6.07) is 10.1. The average Bonchev–Trinajstić information content (AvgIpc) is 3.03. The molecule has 0 saturated carbocycles. The van der Waals surface area contributed by atoms with E-state index in [-0.39, 0.29) is 21.8 Å². The number of amides is 4. The number of nitrogens with zero attached hydrogens (tertiary/aromatic N) is 2. The van der Waals surface area contributed by atoms with Gasteiger partial charge in [-0.2, -0.15) is 0 Å². The quantitative estimate of drug-likeness (QED) is 0.427. The van der Waals surface area contributed by atoms with E-state index in [1.165, 1.54) is 36.4 Å². The number of carbonyl (C=O) groups excluding carboxylic acids is 3. The number of aromatic nitrogens is 1. The maximum Gasteiger partial charge on any atom is 0.337 e. The predicted molar refractivity (Wildman–Crippen MR) is 123 cm³/mol. The highest BCUT2D eigenvalue weighted by atomic mass is 35.5. The van der Waals surface area contributed by atoms with Crippen LogP contribution in [0.4, 0.5) is 14.9 Å². The average molecular weight is 482 g/mol. The van der Waals surface area contributed by atoms with Gasteiger partial charge in [-0.1, -0.05) is 17.7 Å². The monoisotopic (exact) mass is 481 g/mol. The Hall–Kier alpha value is -4.24. The molecule has 0 radical (unpaired) electrons. The number of carboxylic acid groups (broad SMARTS) is 1. The van der Waals surface area contributed by atoms with Crippen molar-refractivity contribution in [1.82, 2.24) is 9.88 Å². The summed E-state index contributed by atoms with van der Waals surface area (Å²) in [5.41, 5.74) is 2.11. The molecule has 0 atom stereocenters. The highest BCUT2D eigenvalue weighted by Crippen LogP contribution is 2.28. The van der Waals surface area contributed by atoms with Crippen molar-refractivity contribution in [3.63, 3.8) is 0 Å². The van der Waals surface area contributed by atoms with Gasteiger partial charge in [0.1, 0.15) is 11.4 Å². The normalized spacial score (nSPS) is 15.1. The number of aryl methyl sites for hydroxylation is 1. The molecule has 2 aromatic carbocycles. The van der Waals surface area contributed by atoms with Gasteiger partial charge in [-0.3, -0.25) is 14.9 Å². The van der Waals surface area contributed by atoms with Gasteiger partial charge in [-0.05, 0) is 68.0 Å². The molecule has 4 amide bonds. The van der Waals surface area contributed by atoms with Crippen molar-refractivity contribution in [2.75, 3.05) is 4.90 Å². The topological polar surface area (TPSA) is 109 Å². The van der Waals surface area contributed by atoms with Crippen molar-refractivity contribution < 1.29 is 28.7 Å². The van der Waals surface area contributed by atoms with Crippen molar-refractivity contribution >= 4 is 47.2 Å². The second-order valence-corrected chi connectivity index (χ2v) is 7.98. The second-order valence-electron chi connectivity index (χ2n) is 7.57. The van der Waals surface area contributed by atoms with Crippen LogP contribution in [0.3, 0.4) is 0 Å². The molecule has 1 saturated heterocycles. The molecule has 1 aliphatic heterocycles. The Morgan fingerprint density at radius 3 is 2.44 bits per heavy atom. The number of carboxylic acids is 1. The summed E-state index contributed by atoms with van der Waals surface area (Å²) in [7, 11) is 0. The van der Waals surface area contributed by atoms with E-state index in [2.05, 4.69) is 5.32 Å². The van der Waals surface area contributed by atoms with Crippen molar-refractivity contribution in [3.8, 4) is 5.69 Å². The minimum absolute atomic E-state index is 0.0143. The minimum atomic E-state index is -1.15. The Kier molecular flexibility index (Phi) is 5.80. The summed E-state index contributed by atoms with van der Waals surface area (Å²) in [5, 5.41) is 11.4. The number of urea groups is 1. The zero-order chi connectivity index (χ0) is 24.7. The number of imide groups is 2. The Bertz CT molecular complexity index is 1430. The lowest BCUT2D eigenvalue weighted by Crippen LogP contribution is -2.54. The molecule has 0 unspecified atom stereocenters. The molecular formula is C24H17ClFN3O5. The first-order valence-electron chi connectivity index (χ1n) is 9.97. The van der Waals surface area contributed by atoms with Gasteiger partial charge >= 0.3 is 12.0 Å². The first kappa shape index (κ1) is 22.9. The summed E-state index contributed by atoms with van der Waals surface area (Å²) in [6.45, 7) is 3.54. The van der Waals surface area contributed by atoms with Gasteiger partial charge in [0.2, 0.25) is 0 Å². The van der Waals surface area contributed by atoms with Gasteiger partial charge in [-0.25, -0.2) is 18.9 Å². The fraction of sp³-hybridized carbons (Fsp3) is 0.0833. The van der Waals surface area contributed by atoms with Crippen molar-refractivity contribution in [3.05, 3.63) is 87.5 Å². The SMILES string of the molecule is Cc1cc(C=C2C(=O)NC(=O)N(c3cccc(F)c3)C2=O)c(C)n1-c1ccc(C(=O)O)c(Cl)c1. The summed E-state index contributed by atoms with van der Waals surface area (Å²) < 4.78 is 15.4. The smallest absolute Gasteiger partial charge is 0.337 e. The molecule has 8 nitrogen and oxygen atoms in total. The number of nitrogens with one attached hydrogen (secondary N) is 1. The van der Waals surface area contributed by atoms with Gasteiger partial charge in [-0.15, -0.1) is 0 Å². The van der Waals surface area contributed by atoms with Crippen LogP contribution in [0.5, 0.6) is 0 Å². The lowest BCUT2D eigenvalue weighted by molar-refractivity contribution is -0.122. The molecule has 2 heterocycles. The number of aromatic carboxylic acids is 1. The Morgan fingerprint density at radius 1 is 1.06 bits per heavy atom. The van der Waals surface area contributed by atoms with Crippen LogP contribution in [-0.4, -0.2) is 33.5 Å². The first-order valence-corrected chi connectivity index (χ1v) is 10.4. The zero-order valence-electron chi connectivity index (χ0n) is 17.9. The van der Waals surface area contributed by atoms with Gasteiger partial charge in [0.25, 0.3) is 11.8 Å². The van der Waals surface area contributed by atoms with Crippen LogP contribution in [0.1, 0.15) is 27.3 Å². The number of anilines is 1. The summed E-state index contributed by atoms with van der Waals surface area (Å²) in [5.74, 6) is -3.56. The molecule has 10 heteroatoms. The third-order valence-corrected chi connectivity index (χ3v) is 5.69. The van der Waals surface area contributed by atoms with Gasteiger partial charge < -0.3 is 9.67 Å². The number of carbonyl (C=O) groups is 4. The summed E-state index contributed by atoms with van der Waals surface area (Å²) in [4.78, 5) is 49.8. The third kappa shape index (κ3) is 3.97. The number of halogens is 2. The number of rotatable bonds is 4. The number of barbiturate groups is 1. The highest BCUT2D eigenvalue weighted by molar-refractivity contribution is 6.39. The zero-order valence-corrected chi connectivity index (χ0v) is 18.7. The lowest BCUT2D eigenvalue weighted by atomic mass is 10.1. The van der Waals surface area contributed by atoms with E-state index >= 15 is 0 Å². The Labute approximate surface area is 197 Å². The molecular weight excluding hydrogens is 465 g/mol. The van der Waals surface area contributed by atoms with Crippen LogP contribution in [0, 0.1) is 19.7 Å². The molecule has 2 N–H and O–H groups in total. The standard InChI is InChI=1S/C24H17ClFN3O5/c1-12-8-14(13(2)28(12)17-6-7-18(23(32)33)20(25)11-17)9-19-21(30)27-24(34)29(22(19)31)16-5-3-4-15(26)10-16/h3-11H,1-2H3,(H,32,33)(H,27,30,34). The van der Waals surface area contributed by atoms with Crippen LogP contribution in [0.15, 0.2) is 54.1 Å². The largest absolute Gasteiger partial charge is 0.478 e. The maximum absolute atomic E-state index is 13.7. The molecule has 1 aliphatic rings. The highest BCUT2D eigenvalue weighted by Gasteiger charge is 2.37. The van der Waals surface area contributed by atoms with E-state index in [4.69, 9.17) is 11.6 Å². The van der Waals surface area contributed by atoms with Crippen molar-refractivity contribution in [2.24, 2.45) is 0 Å². The van der Waals surface area contributed by atoms with Crippen LogP contribution in [0.25, 0.3) is 11.8 Å². The molecule has 1 fully saturated rings. The minimum Gasteiger partial charge on any atom is -0.478 e. The molecule has 4 rings (SSSR count). The van der Waals surface area contributed by atoms with Crippen LogP contribution in [-0.2, 0) is 9.59 Å². The van der Waals surface area contributed by atoms with E-state index in [0.717, 1.165) is 11.8 Å². The number of benzene rings is 2. The number of hydrogen-bond acceptors (Lipinski definition) is 4. The number of hydrogen-bond donors (Lipinski definition) is 2. The molecule has 0 spiro atoms. The second kappa shape index (κ2) is 8.60. The molecule has 0 aliphatic carbocycles. The van der Waals surface area contributed by atoms with Crippen LogP contribution in [0.2, 0.25) is 5.02 Å². The molecule has 34 heavy (non-hydrogen) atoms. The van der Waals surface area contributed by atoms with E-state index in [1.54, 1.807) is 30.5 Å². The van der Waals surface area contributed by atoms with E-state index in [0.29, 0.717) is 21.8 Å². The van der Waals surface area contributed by atoms with E-state index < -0.39 is 29.6 Å². The summed E-state index contributed by atoms with van der Waals surface area (Å²) >= 11 is 6.11. The summed E-state index contributed by atoms with van der Waals surface area (Å²) in [6.07, 6.45) is 1.35. The molecule has 172 valence electrons. The maximum atomic E-state index is 13.7. The van der Waals surface area contributed by atoms with Crippen molar-refractivity contribution in [2.45, 2.75) is 13.8 Å². The lowest BCUT2D eigenvalue weighted by Gasteiger charge is -2.26. The fourth-order valence-electron chi connectivity index (χ4n) is 3.81. The Balaban J connectivity index is 1.76. The van der Waals surface area contributed by atoms with Gasteiger partial charge in [0.05, 0.1) is 16.3 Å². The fourth-order valence-corrected chi connectivity index (χ4v) is 4.07. The van der Waals surface area contributed by atoms with Crippen LogP contribution < -0.4 is 10.2 Å². The first-order chi connectivity index (χ1) is 16.1. The van der Waals surface area contributed by atoms with Gasteiger partial charge in [0.15, 0.2) is 0 Å².